The molecular formula is C18H17ClO5S. The zero-order chi connectivity index (χ0) is 17.9. The van der Waals surface area contributed by atoms with Gasteiger partial charge in [0.2, 0.25) is 0 Å². The van der Waals surface area contributed by atoms with E-state index in [0.717, 1.165) is 11.1 Å². The zero-order valence-electron chi connectivity index (χ0n) is 13.4. The van der Waals surface area contributed by atoms with Crippen LogP contribution in [0.25, 0.3) is 0 Å². The first-order chi connectivity index (χ1) is 11.9. The molecule has 1 heterocycles. The highest BCUT2D eigenvalue weighted by molar-refractivity contribution is 8.13. The first kappa shape index (κ1) is 17.9. The van der Waals surface area contributed by atoms with Crippen molar-refractivity contribution in [2.24, 2.45) is 0 Å². The maximum absolute atomic E-state index is 12.2. The van der Waals surface area contributed by atoms with Gasteiger partial charge in [0.25, 0.3) is 9.05 Å². The number of rotatable bonds is 6. The molecule has 0 amide bonds. The Morgan fingerprint density at radius 3 is 2.24 bits per heavy atom. The number of carbonyl (C=O) groups excluding carboxylic acids is 1. The smallest absolute Gasteiger partial charge is 0.307 e. The highest BCUT2D eigenvalue weighted by Crippen LogP contribution is 2.36. The Labute approximate surface area is 150 Å². The van der Waals surface area contributed by atoms with E-state index in [1.807, 2.05) is 30.3 Å². The fourth-order valence-corrected chi connectivity index (χ4v) is 3.53. The highest BCUT2D eigenvalue weighted by Gasteiger charge is 2.42. The number of esters is 1. The molecule has 1 aliphatic rings. The number of halogens is 1. The van der Waals surface area contributed by atoms with Gasteiger partial charge in [-0.25, -0.2) is 8.42 Å². The largest absolute Gasteiger partial charge is 0.461 e. The monoisotopic (exact) mass is 380 g/mol. The molecule has 0 radical (unpaired) electrons. The molecular weight excluding hydrogens is 364 g/mol. The van der Waals surface area contributed by atoms with Crippen molar-refractivity contribution in [3.8, 4) is 0 Å². The van der Waals surface area contributed by atoms with Crippen molar-refractivity contribution in [2.45, 2.75) is 23.3 Å². The van der Waals surface area contributed by atoms with Crippen molar-refractivity contribution >= 4 is 25.7 Å². The van der Waals surface area contributed by atoms with Gasteiger partial charge in [-0.2, -0.15) is 0 Å². The number of hydrogen-bond acceptors (Lipinski definition) is 5. The predicted octanol–water partition coefficient (Wildman–Crippen LogP) is 3.02. The third-order valence-electron chi connectivity index (χ3n) is 4.23. The van der Waals surface area contributed by atoms with Crippen molar-refractivity contribution in [3.63, 3.8) is 0 Å². The van der Waals surface area contributed by atoms with E-state index in [4.69, 9.17) is 20.2 Å². The zero-order valence-corrected chi connectivity index (χ0v) is 14.9. The Kier molecular flexibility index (Phi) is 5.13. The van der Waals surface area contributed by atoms with Gasteiger partial charge in [-0.15, -0.1) is 0 Å². The standard InChI is InChI=1S/C18H17ClO5S/c19-25(21,22)16-8-6-15(7-9-16)18(12-23-13-18)10-17(20)24-11-14-4-2-1-3-5-14/h1-9H,10-13H2. The van der Waals surface area contributed by atoms with Gasteiger partial charge in [-0.1, -0.05) is 42.5 Å². The summed E-state index contributed by atoms with van der Waals surface area (Å²) in [6, 6.07) is 15.7. The third-order valence-corrected chi connectivity index (χ3v) is 5.60. The van der Waals surface area contributed by atoms with E-state index in [2.05, 4.69) is 0 Å². The summed E-state index contributed by atoms with van der Waals surface area (Å²) in [6.07, 6.45) is 0.173. The van der Waals surface area contributed by atoms with E-state index in [0.29, 0.717) is 13.2 Å². The van der Waals surface area contributed by atoms with E-state index in [-0.39, 0.29) is 23.9 Å². The normalized spacial score (nSPS) is 16.0. The van der Waals surface area contributed by atoms with Gasteiger partial charge in [0.1, 0.15) is 6.61 Å². The summed E-state index contributed by atoms with van der Waals surface area (Å²) in [4.78, 5) is 12.3. The van der Waals surface area contributed by atoms with Crippen LogP contribution in [0.1, 0.15) is 17.5 Å². The van der Waals surface area contributed by atoms with Crippen molar-refractivity contribution in [3.05, 3.63) is 65.7 Å². The van der Waals surface area contributed by atoms with Crippen LogP contribution in [0.4, 0.5) is 0 Å². The van der Waals surface area contributed by atoms with Crippen molar-refractivity contribution in [1.29, 1.82) is 0 Å². The Bertz CT molecular complexity index is 843. The summed E-state index contributed by atoms with van der Waals surface area (Å²) < 4.78 is 33.3. The minimum atomic E-state index is -3.77. The second-order valence-electron chi connectivity index (χ2n) is 6.06. The molecule has 7 heteroatoms. The summed E-state index contributed by atoms with van der Waals surface area (Å²) in [7, 11) is 1.56. The van der Waals surface area contributed by atoms with Gasteiger partial charge in [0.05, 0.1) is 29.9 Å². The maximum atomic E-state index is 12.2. The van der Waals surface area contributed by atoms with Gasteiger partial charge in [0.15, 0.2) is 0 Å². The van der Waals surface area contributed by atoms with Gasteiger partial charge >= 0.3 is 5.97 Å². The summed E-state index contributed by atoms with van der Waals surface area (Å²) in [5.74, 6) is -0.318. The SMILES string of the molecule is O=C(CC1(c2ccc(S(=O)(=O)Cl)cc2)COC1)OCc1ccccc1. The van der Waals surface area contributed by atoms with Crippen LogP contribution in [0.2, 0.25) is 0 Å². The van der Waals surface area contributed by atoms with E-state index in [1.54, 1.807) is 12.1 Å². The molecule has 5 nitrogen and oxygen atoms in total. The van der Waals surface area contributed by atoms with Gasteiger partial charge in [-0.3, -0.25) is 4.79 Å². The van der Waals surface area contributed by atoms with Crippen LogP contribution in [0, 0.1) is 0 Å². The number of carbonyl (C=O) groups is 1. The van der Waals surface area contributed by atoms with E-state index in [1.165, 1.54) is 12.1 Å². The van der Waals surface area contributed by atoms with E-state index >= 15 is 0 Å². The lowest BCUT2D eigenvalue weighted by Gasteiger charge is -2.41. The average Bonchev–Trinajstić information content (AvgIpc) is 2.57. The molecule has 0 N–H and O–H groups in total. The lowest BCUT2D eigenvalue weighted by molar-refractivity contribution is -0.153. The van der Waals surface area contributed by atoms with Crippen LogP contribution in [-0.2, 0) is 35.3 Å². The predicted molar refractivity (Wildman–Crippen MR) is 92.8 cm³/mol. The van der Waals surface area contributed by atoms with Crippen molar-refractivity contribution in [1.82, 2.24) is 0 Å². The first-order valence-electron chi connectivity index (χ1n) is 7.72. The molecule has 0 spiro atoms. The topological polar surface area (TPSA) is 69.7 Å². The maximum Gasteiger partial charge on any atom is 0.307 e. The summed E-state index contributed by atoms with van der Waals surface area (Å²) in [5, 5.41) is 0. The van der Waals surface area contributed by atoms with E-state index < -0.39 is 14.5 Å². The quantitative estimate of drug-likeness (QED) is 0.569. The Morgan fingerprint density at radius 1 is 1.08 bits per heavy atom. The minimum Gasteiger partial charge on any atom is -0.461 e. The average molecular weight is 381 g/mol. The lowest BCUT2D eigenvalue weighted by Crippen LogP contribution is -2.48. The van der Waals surface area contributed by atoms with Gasteiger partial charge in [-0.05, 0) is 23.3 Å². The van der Waals surface area contributed by atoms with Gasteiger partial charge < -0.3 is 9.47 Å². The molecule has 0 aliphatic carbocycles. The molecule has 1 fully saturated rings. The van der Waals surface area contributed by atoms with Crippen LogP contribution in [-0.4, -0.2) is 27.6 Å². The molecule has 0 atom stereocenters. The molecule has 2 aromatic carbocycles. The molecule has 25 heavy (non-hydrogen) atoms. The number of ether oxygens (including phenoxy) is 2. The van der Waals surface area contributed by atoms with Gasteiger partial charge in [0, 0.05) is 10.7 Å². The Balaban J connectivity index is 1.67. The first-order valence-corrected chi connectivity index (χ1v) is 10.0. The molecule has 132 valence electrons. The van der Waals surface area contributed by atoms with E-state index in [9.17, 15) is 13.2 Å². The molecule has 0 bridgehead atoms. The van der Waals surface area contributed by atoms with Crippen molar-refractivity contribution < 1.29 is 22.7 Å². The Morgan fingerprint density at radius 2 is 1.72 bits per heavy atom. The number of benzene rings is 2. The minimum absolute atomic E-state index is 0.0277. The van der Waals surface area contributed by atoms with Crippen LogP contribution < -0.4 is 0 Å². The second-order valence-corrected chi connectivity index (χ2v) is 8.62. The molecule has 2 aromatic rings. The molecule has 0 unspecified atom stereocenters. The number of hydrogen-bond donors (Lipinski definition) is 0. The fraction of sp³-hybridized carbons (Fsp3) is 0.278. The van der Waals surface area contributed by atoms with Crippen LogP contribution in [0.3, 0.4) is 0 Å². The lowest BCUT2D eigenvalue weighted by atomic mass is 9.76. The van der Waals surface area contributed by atoms with Crippen molar-refractivity contribution in [2.75, 3.05) is 13.2 Å². The third kappa shape index (κ3) is 4.21. The molecule has 0 saturated carbocycles. The second kappa shape index (κ2) is 7.15. The summed E-state index contributed by atoms with van der Waals surface area (Å²) >= 11 is 0. The molecule has 0 aromatic heterocycles. The van der Waals surface area contributed by atoms with Crippen LogP contribution in [0.5, 0.6) is 0 Å². The molecule has 1 saturated heterocycles. The summed E-state index contributed by atoms with van der Waals surface area (Å²) in [5.41, 5.74) is 1.27. The molecule has 3 rings (SSSR count). The summed E-state index contributed by atoms with van der Waals surface area (Å²) in [6.45, 7) is 1.00. The van der Waals surface area contributed by atoms with Crippen LogP contribution >= 0.6 is 10.7 Å². The highest BCUT2D eigenvalue weighted by atomic mass is 35.7. The molecule has 1 aliphatic heterocycles. The fourth-order valence-electron chi connectivity index (χ4n) is 2.76. The Hall–Kier alpha value is -1.89. The van der Waals surface area contributed by atoms with Crippen LogP contribution in [0.15, 0.2) is 59.5 Å².